The largest absolute Gasteiger partial charge is 0.354 e. The SMILES string of the molecule is C=O.C=O.CNC(=O)c1cn(-c2cc(Cl)c(Br)c(Cl)c2)cn1.Cc1c(Cl)cccc1Cl. The molecule has 11 heteroatoms. The highest BCUT2D eigenvalue weighted by Gasteiger charge is 2.10. The molecule has 1 aromatic heterocycles. The number of amides is 1. The topological polar surface area (TPSA) is 81.1 Å². The number of carbonyl (C=O) groups is 3. The molecular weight excluding hydrogens is 552 g/mol. The summed E-state index contributed by atoms with van der Waals surface area (Å²) >= 11 is 26.8. The molecule has 0 fully saturated rings. The minimum absolute atomic E-state index is 0.247. The highest BCUT2D eigenvalue weighted by Crippen LogP contribution is 2.32. The summed E-state index contributed by atoms with van der Waals surface area (Å²) in [6.45, 7) is 5.89. The summed E-state index contributed by atoms with van der Waals surface area (Å²) in [7, 11) is 1.55. The van der Waals surface area contributed by atoms with Gasteiger partial charge in [-0.2, -0.15) is 0 Å². The van der Waals surface area contributed by atoms with Gasteiger partial charge in [0, 0.05) is 29.0 Å². The molecule has 3 rings (SSSR count). The van der Waals surface area contributed by atoms with Crippen molar-refractivity contribution in [2.45, 2.75) is 6.92 Å². The molecule has 0 radical (unpaired) electrons. The molecule has 2 aromatic carbocycles. The molecule has 0 aliphatic rings. The van der Waals surface area contributed by atoms with Gasteiger partial charge in [-0.15, -0.1) is 0 Å². The second kappa shape index (κ2) is 15.0. The van der Waals surface area contributed by atoms with Crippen molar-refractivity contribution in [2.75, 3.05) is 7.05 Å². The molecule has 31 heavy (non-hydrogen) atoms. The molecule has 1 heterocycles. The molecule has 1 N–H and O–H groups in total. The Labute approximate surface area is 208 Å². The number of imidazole rings is 1. The van der Waals surface area contributed by atoms with Gasteiger partial charge in [-0.05, 0) is 52.7 Å². The Balaban J connectivity index is 0.000000582. The normalized spacial score (nSPS) is 9.13. The van der Waals surface area contributed by atoms with Gasteiger partial charge < -0.3 is 19.5 Å². The predicted octanol–water partition coefficient (Wildman–Crippen LogP) is 6.23. The van der Waals surface area contributed by atoms with Crippen molar-refractivity contribution in [1.82, 2.24) is 14.9 Å². The summed E-state index contributed by atoms with van der Waals surface area (Å²) in [5.74, 6) is -0.247. The van der Waals surface area contributed by atoms with Crippen LogP contribution in [0.25, 0.3) is 5.69 Å². The summed E-state index contributed by atoms with van der Waals surface area (Å²) in [5.41, 5.74) is 2.00. The number of rotatable bonds is 2. The number of halogens is 5. The first kappa shape index (κ1) is 29.1. The van der Waals surface area contributed by atoms with Gasteiger partial charge in [0.1, 0.15) is 25.6 Å². The zero-order valence-electron chi connectivity index (χ0n) is 16.5. The minimum Gasteiger partial charge on any atom is -0.354 e. The fourth-order valence-electron chi connectivity index (χ4n) is 1.98. The van der Waals surface area contributed by atoms with E-state index in [-0.39, 0.29) is 5.91 Å². The predicted molar refractivity (Wildman–Crippen MR) is 130 cm³/mol. The standard InChI is InChI=1S/C11H8BrCl2N3O.C7H6Cl2.2CH2O/c1-15-11(18)9-4-17(5-16-9)6-2-7(13)10(12)8(14)3-6;1-5-6(8)3-2-4-7(5)9;2*1-2/h2-5H,1H3,(H,15,18);2-4H,1H3;2*1H2. The number of nitrogens with zero attached hydrogens (tertiary/aromatic N) is 2. The minimum atomic E-state index is -0.247. The van der Waals surface area contributed by atoms with Crippen molar-refractivity contribution in [3.8, 4) is 5.69 Å². The molecule has 0 bridgehead atoms. The average Bonchev–Trinajstić information content (AvgIpc) is 3.28. The fraction of sp³-hybridized carbons (Fsp3) is 0.100. The third-order valence-electron chi connectivity index (χ3n) is 3.51. The lowest BCUT2D eigenvalue weighted by Gasteiger charge is -2.05. The number of carbonyl (C=O) groups excluding carboxylic acids is 3. The number of nitrogens with one attached hydrogen (secondary N) is 1. The van der Waals surface area contributed by atoms with Crippen LogP contribution < -0.4 is 5.32 Å². The Morgan fingerprint density at radius 3 is 1.90 bits per heavy atom. The molecule has 3 aromatic rings. The average molecular weight is 570 g/mol. The molecule has 166 valence electrons. The number of benzene rings is 2. The summed E-state index contributed by atoms with van der Waals surface area (Å²) < 4.78 is 2.32. The van der Waals surface area contributed by atoms with Gasteiger partial charge in [0.25, 0.3) is 5.91 Å². The highest BCUT2D eigenvalue weighted by molar-refractivity contribution is 9.10. The maximum atomic E-state index is 11.4. The Morgan fingerprint density at radius 2 is 1.48 bits per heavy atom. The van der Waals surface area contributed by atoms with Crippen molar-refractivity contribution in [2.24, 2.45) is 0 Å². The van der Waals surface area contributed by atoms with E-state index in [9.17, 15) is 4.79 Å². The van der Waals surface area contributed by atoms with E-state index in [1.165, 1.54) is 6.33 Å². The van der Waals surface area contributed by atoms with Crippen LogP contribution in [0.1, 0.15) is 16.1 Å². The molecule has 0 unspecified atom stereocenters. The lowest BCUT2D eigenvalue weighted by Crippen LogP contribution is -2.17. The first-order valence-corrected chi connectivity index (χ1v) is 10.4. The third kappa shape index (κ3) is 8.63. The van der Waals surface area contributed by atoms with Crippen molar-refractivity contribution in [1.29, 1.82) is 0 Å². The van der Waals surface area contributed by atoms with Gasteiger partial charge >= 0.3 is 0 Å². The Morgan fingerprint density at radius 1 is 1.00 bits per heavy atom. The van der Waals surface area contributed by atoms with E-state index in [1.807, 2.05) is 38.7 Å². The van der Waals surface area contributed by atoms with Crippen LogP contribution in [0.3, 0.4) is 0 Å². The van der Waals surface area contributed by atoms with Crippen LogP contribution in [-0.4, -0.2) is 36.1 Å². The molecule has 0 aliphatic carbocycles. The third-order valence-corrected chi connectivity index (χ3v) is 6.24. The van der Waals surface area contributed by atoms with Crippen molar-refractivity contribution in [3.63, 3.8) is 0 Å². The summed E-state index contributed by atoms with van der Waals surface area (Å²) in [6.07, 6.45) is 3.13. The molecule has 0 spiro atoms. The first-order chi connectivity index (χ1) is 14.7. The van der Waals surface area contributed by atoms with Gasteiger partial charge in [-0.1, -0.05) is 52.5 Å². The van der Waals surface area contributed by atoms with E-state index in [2.05, 4.69) is 26.2 Å². The zero-order valence-corrected chi connectivity index (χ0v) is 21.1. The van der Waals surface area contributed by atoms with Gasteiger partial charge in [-0.25, -0.2) is 4.98 Å². The molecule has 1 amide bonds. The Hall–Kier alpha value is -1.90. The van der Waals surface area contributed by atoms with E-state index in [0.717, 1.165) is 21.3 Å². The van der Waals surface area contributed by atoms with Crippen LogP contribution in [0, 0.1) is 6.92 Å². The van der Waals surface area contributed by atoms with Crippen LogP contribution in [0.5, 0.6) is 0 Å². The Bertz CT molecular complexity index is 970. The van der Waals surface area contributed by atoms with E-state index in [0.29, 0.717) is 20.2 Å². The lowest BCUT2D eigenvalue weighted by molar-refractivity contribution is -0.0987. The molecular formula is C20H18BrCl4N3O3. The first-order valence-electron chi connectivity index (χ1n) is 8.14. The summed E-state index contributed by atoms with van der Waals surface area (Å²) in [6, 6.07) is 8.93. The lowest BCUT2D eigenvalue weighted by atomic mass is 10.2. The number of hydrogen-bond donors (Lipinski definition) is 1. The molecule has 0 aliphatic heterocycles. The van der Waals surface area contributed by atoms with Gasteiger partial charge in [0.05, 0.1) is 14.5 Å². The summed E-state index contributed by atoms with van der Waals surface area (Å²) in [5, 5.41) is 4.94. The van der Waals surface area contributed by atoms with Crippen molar-refractivity contribution >= 4 is 81.8 Å². The zero-order chi connectivity index (χ0) is 24.1. The maximum absolute atomic E-state index is 11.4. The Kier molecular flexibility index (Phi) is 14.1. The van der Waals surface area contributed by atoms with Crippen LogP contribution in [0.4, 0.5) is 0 Å². The van der Waals surface area contributed by atoms with Crippen molar-refractivity contribution in [3.05, 3.63) is 78.7 Å². The fourth-order valence-corrected chi connectivity index (χ4v) is 3.08. The van der Waals surface area contributed by atoms with Gasteiger partial charge in [0.15, 0.2) is 0 Å². The summed E-state index contributed by atoms with van der Waals surface area (Å²) in [4.78, 5) is 31.4. The second-order valence-electron chi connectivity index (χ2n) is 5.32. The van der Waals surface area contributed by atoms with E-state index >= 15 is 0 Å². The second-order valence-corrected chi connectivity index (χ2v) is 7.74. The van der Waals surface area contributed by atoms with Crippen LogP contribution >= 0.6 is 62.3 Å². The van der Waals surface area contributed by atoms with Gasteiger partial charge in [0.2, 0.25) is 0 Å². The van der Waals surface area contributed by atoms with Crippen LogP contribution in [0.15, 0.2) is 47.3 Å². The molecule has 0 saturated heterocycles. The monoisotopic (exact) mass is 567 g/mol. The van der Waals surface area contributed by atoms with Crippen LogP contribution in [0.2, 0.25) is 20.1 Å². The highest BCUT2D eigenvalue weighted by atomic mass is 79.9. The molecule has 0 saturated carbocycles. The number of aromatic nitrogens is 2. The van der Waals surface area contributed by atoms with Crippen LogP contribution in [-0.2, 0) is 9.59 Å². The smallest absolute Gasteiger partial charge is 0.271 e. The number of hydrogen-bond acceptors (Lipinski definition) is 4. The van der Waals surface area contributed by atoms with Crippen molar-refractivity contribution < 1.29 is 14.4 Å². The molecule has 6 nitrogen and oxygen atoms in total. The van der Waals surface area contributed by atoms with E-state index in [4.69, 9.17) is 56.0 Å². The van der Waals surface area contributed by atoms with Gasteiger partial charge in [-0.3, -0.25) is 4.79 Å². The maximum Gasteiger partial charge on any atom is 0.271 e. The van der Waals surface area contributed by atoms with E-state index in [1.54, 1.807) is 29.9 Å². The molecule has 0 atom stereocenters. The van der Waals surface area contributed by atoms with E-state index < -0.39 is 0 Å². The quantitative estimate of drug-likeness (QED) is 0.371.